The quantitative estimate of drug-likeness (QED) is 0.718. The normalized spacial score (nSPS) is 11.3. The molecular weight excluding hydrogens is 368 g/mol. The van der Waals surface area contributed by atoms with Crippen molar-refractivity contribution >= 4 is 32.2 Å². The molecule has 0 unspecified atom stereocenters. The highest BCUT2D eigenvalue weighted by Crippen LogP contribution is 2.25. The number of aromatic nitrogens is 1. The van der Waals surface area contributed by atoms with Gasteiger partial charge in [0.25, 0.3) is 5.91 Å². The van der Waals surface area contributed by atoms with E-state index in [2.05, 4.69) is 29.4 Å². The number of carbonyl (C=O) groups is 1. The monoisotopic (exact) mass is 386 g/mol. The van der Waals surface area contributed by atoms with Crippen LogP contribution in [-0.4, -0.2) is 25.6 Å². The average Bonchev–Trinajstić information content (AvgIpc) is 3.09. The van der Waals surface area contributed by atoms with Gasteiger partial charge in [0.1, 0.15) is 0 Å². The van der Waals surface area contributed by atoms with Gasteiger partial charge < -0.3 is 0 Å². The number of nitrogens with one attached hydrogen (secondary N) is 1. The average molecular weight is 386 g/mol. The van der Waals surface area contributed by atoms with Crippen LogP contribution in [0.2, 0.25) is 0 Å². The minimum Gasteiger partial charge on any atom is -0.298 e. The molecule has 0 fully saturated rings. The zero-order valence-electron chi connectivity index (χ0n) is 14.4. The summed E-state index contributed by atoms with van der Waals surface area (Å²) in [5, 5.41) is 5.14. The number of hydrogen-bond donors (Lipinski definition) is 1. The Hall–Kier alpha value is -2.51. The summed E-state index contributed by atoms with van der Waals surface area (Å²) in [6.07, 6.45) is 2.11. The molecule has 0 radical (unpaired) electrons. The number of amides is 1. The minimum absolute atomic E-state index is 0.182. The van der Waals surface area contributed by atoms with Gasteiger partial charge in [-0.1, -0.05) is 31.2 Å². The molecule has 0 aliphatic heterocycles. The van der Waals surface area contributed by atoms with Gasteiger partial charge in [-0.25, -0.2) is 13.4 Å². The molecule has 1 heterocycles. The molecule has 134 valence electrons. The van der Waals surface area contributed by atoms with Crippen LogP contribution in [0, 0.1) is 0 Å². The molecule has 0 aliphatic rings. The minimum atomic E-state index is -3.28. The van der Waals surface area contributed by atoms with Gasteiger partial charge in [-0.3, -0.25) is 10.1 Å². The molecule has 0 saturated carbocycles. The predicted molar refractivity (Wildman–Crippen MR) is 104 cm³/mol. The Bertz CT molecular complexity index is 1020. The van der Waals surface area contributed by atoms with E-state index < -0.39 is 9.84 Å². The number of sulfone groups is 1. The molecule has 3 aromatic rings. The maximum absolute atomic E-state index is 12.3. The summed E-state index contributed by atoms with van der Waals surface area (Å²) in [6.45, 7) is 2.11. The van der Waals surface area contributed by atoms with E-state index >= 15 is 0 Å². The maximum Gasteiger partial charge on any atom is 0.257 e. The van der Waals surface area contributed by atoms with Gasteiger partial charge in [0, 0.05) is 22.8 Å². The third kappa shape index (κ3) is 4.17. The number of benzene rings is 2. The number of rotatable bonds is 5. The second kappa shape index (κ2) is 7.39. The fourth-order valence-electron chi connectivity index (χ4n) is 2.40. The molecule has 0 atom stereocenters. The molecule has 0 aliphatic carbocycles. The predicted octanol–water partition coefficient (Wildman–Crippen LogP) is 4.03. The first-order valence-electron chi connectivity index (χ1n) is 8.03. The Morgan fingerprint density at radius 1 is 1.08 bits per heavy atom. The molecule has 0 bridgehead atoms. The second-order valence-electron chi connectivity index (χ2n) is 5.84. The van der Waals surface area contributed by atoms with E-state index in [0.29, 0.717) is 10.7 Å². The molecule has 5 nitrogen and oxygen atoms in total. The fourth-order valence-corrected chi connectivity index (χ4v) is 3.74. The summed E-state index contributed by atoms with van der Waals surface area (Å²) < 4.78 is 22.9. The summed E-state index contributed by atoms with van der Waals surface area (Å²) in [5.74, 6) is -0.327. The second-order valence-corrected chi connectivity index (χ2v) is 8.71. The fraction of sp³-hybridized carbons (Fsp3) is 0.158. The van der Waals surface area contributed by atoms with Crippen molar-refractivity contribution in [2.24, 2.45) is 0 Å². The SMILES string of the molecule is CCc1ccc(-c2csc(NC(=O)c3ccc(S(C)(=O)=O)cc3)n2)cc1. The van der Waals surface area contributed by atoms with Crippen molar-refractivity contribution in [3.63, 3.8) is 0 Å². The number of anilines is 1. The van der Waals surface area contributed by atoms with Crippen LogP contribution in [0.15, 0.2) is 58.8 Å². The lowest BCUT2D eigenvalue weighted by Gasteiger charge is -2.03. The maximum atomic E-state index is 12.3. The zero-order chi connectivity index (χ0) is 18.7. The third-order valence-electron chi connectivity index (χ3n) is 3.93. The van der Waals surface area contributed by atoms with Gasteiger partial charge in [0.15, 0.2) is 15.0 Å². The molecule has 7 heteroatoms. The van der Waals surface area contributed by atoms with Crippen molar-refractivity contribution in [2.75, 3.05) is 11.6 Å². The Kier molecular flexibility index (Phi) is 5.20. The Morgan fingerprint density at radius 3 is 2.31 bits per heavy atom. The van der Waals surface area contributed by atoms with E-state index in [1.54, 1.807) is 0 Å². The van der Waals surface area contributed by atoms with Crippen LogP contribution in [0.3, 0.4) is 0 Å². The number of hydrogen-bond acceptors (Lipinski definition) is 5. The summed E-state index contributed by atoms with van der Waals surface area (Å²) in [7, 11) is -3.28. The van der Waals surface area contributed by atoms with E-state index in [0.717, 1.165) is 23.9 Å². The van der Waals surface area contributed by atoms with Crippen LogP contribution in [-0.2, 0) is 16.3 Å². The molecular formula is C19H18N2O3S2. The lowest BCUT2D eigenvalue weighted by molar-refractivity contribution is 0.102. The van der Waals surface area contributed by atoms with Gasteiger partial charge in [0.2, 0.25) is 0 Å². The van der Waals surface area contributed by atoms with Gasteiger partial charge in [-0.15, -0.1) is 11.3 Å². The van der Waals surface area contributed by atoms with Crippen LogP contribution < -0.4 is 5.32 Å². The number of thiazole rings is 1. The van der Waals surface area contributed by atoms with Crippen LogP contribution in [0.1, 0.15) is 22.8 Å². The summed E-state index contributed by atoms with van der Waals surface area (Å²) in [4.78, 5) is 16.9. The number of nitrogens with zero attached hydrogens (tertiary/aromatic N) is 1. The van der Waals surface area contributed by atoms with Crippen LogP contribution in [0.4, 0.5) is 5.13 Å². The summed E-state index contributed by atoms with van der Waals surface area (Å²) in [6, 6.07) is 14.0. The largest absolute Gasteiger partial charge is 0.298 e. The Morgan fingerprint density at radius 2 is 1.73 bits per heavy atom. The van der Waals surface area contributed by atoms with Gasteiger partial charge in [0.05, 0.1) is 10.6 Å². The highest BCUT2D eigenvalue weighted by molar-refractivity contribution is 7.90. The zero-order valence-corrected chi connectivity index (χ0v) is 16.0. The van der Waals surface area contributed by atoms with Crippen LogP contribution in [0.25, 0.3) is 11.3 Å². The van der Waals surface area contributed by atoms with Crippen molar-refractivity contribution in [3.8, 4) is 11.3 Å². The van der Waals surface area contributed by atoms with Crippen molar-refractivity contribution in [2.45, 2.75) is 18.2 Å². The standard InChI is InChI=1S/C19H18N2O3S2/c1-3-13-4-6-14(7-5-13)17-12-25-19(20-17)21-18(22)15-8-10-16(11-9-15)26(2,23)24/h4-12H,3H2,1-2H3,(H,20,21,22). The topological polar surface area (TPSA) is 76.1 Å². The first-order chi connectivity index (χ1) is 12.4. The molecule has 0 saturated heterocycles. The van der Waals surface area contributed by atoms with Gasteiger partial charge >= 0.3 is 0 Å². The Labute approximate surface area is 156 Å². The molecule has 0 spiro atoms. The lowest BCUT2D eigenvalue weighted by atomic mass is 10.1. The van der Waals surface area contributed by atoms with E-state index in [1.165, 1.54) is 41.2 Å². The van der Waals surface area contributed by atoms with E-state index in [4.69, 9.17) is 0 Å². The Balaban J connectivity index is 1.73. The third-order valence-corrected chi connectivity index (χ3v) is 5.81. The van der Waals surface area contributed by atoms with Crippen LogP contribution in [0.5, 0.6) is 0 Å². The van der Waals surface area contributed by atoms with E-state index in [1.807, 2.05) is 17.5 Å². The molecule has 3 rings (SSSR count). The van der Waals surface area contributed by atoms with Gasteiger partial charge in [-0.2, -0.15) is 0 Å². The van der Waals surface area contributed by atoms with Crippen LogP contribution >= 0.6 is 11.3 Å². The van der Waals surface area contributed by atoms with E-state index in [-0.39, 0.29) is 10.8 Å². The highest BCUT2D eigenvalue weighted by atomic mass is 32.2. The molecule has 1 amide bonds. The van der Waals surface area contributed by atoms with Gasteiger partial charge in [-0.05, 0) is 36.2 Å². The summed E-state index contributed by atoms with van der Waals surface area (Å²) >= 11 is 1.35. The molecule has 1 aromatic heterocycles. The molecule has 26 heavy (non-hydrogen) atoms. The first-order valence-corrected chi connectivity index (χ1v) is 10.8. The van der Waals surface area contributed by atoms with Crippen molar-refractivity contribution < 1.29 is 13.2 Å². The highest BCUT2D eigenvalue weighted by Gasteiger charge is 2.12. The summed E-state index contributed by atoms with van der Waals surface area (Å²) in [5.41, 5.74) is 3.44. The molecule has 1 N–H and O–H groups in total. The first kappa shape index (κ1) is 18.3. The smallest absolute Gasteiger partial charge is 0.257 e. The van der Waals surface area contributed by atoms with Crippen molar-refractivity contribution in [1.29, 1.82) is 0 Å². The van der Waals surface area contributed by atoms with Crippen molar-refractivity contribution in [3.05, 3.63) is 65.0 Å². The molecule has 2 aromatic carbocycles. The van der Waals surface area contributed by atoms with Crippen molar-refractivity contribution in [1.82, 2.24) is 4.98 Å². The number of carbonyl (C=O) groups excluding carboxylic acids is 1. The number of aryl methyl sites for hydroxylation is 1. The lowest BCUT2D eigenvalue weighted by Crippen LogP contribution is -2.11. The van der Waals surface area contributed by atoms with E-state index in [9.17, 15) is 13.2 Å².